The summed E-state index contributed by atoms with van der Waals surface area (Å²) < 4.78 is 5.06. The van der Waals surface area contributed by atoms with Crippen molar-refractivity contribution in [2.75, 3.05) is 26.0 Å². The molecule has 5 heteroatoms. The molecular formula is C10H19NO3S. The van der Waals surface area contributed by atoms with Crippen LogP contribution in [0.4, 0.5) is 0 Å². The van der Waals surface area contributed by atoms with Gasteiger partial charge in [-0.3, -0.25) is 4.79 Å². The number of aliphatic carboxylic acids is 1. The molecule has 0 bridgehead atoms. The highest BCUT2D eigenvalue weighted by molar-refractivity contribution is 8.00. The molecular weight excluding hydrogens is 214 g/mol. The molecule has 1 rings (SSSR count). The molecule has 1 fully saturated rings. The molecule has 1 aliphatic rings. The number of carboxylic acid groups (broad SMARTS) is 1. The van der Waals surface area contributed by atoms with Crippen LogP contribution in [0, 0.1) is 0 Å². The van der Waals surface area contributed by atoms with Crippen molar-refractivity contribution < 1.29 is 14.6 Å². The Balaban J connectivity index is 2.13. The van der Waals surface area contributed by atoms with Gasteiger partial charge in [-0.05, 0) is 32.6 Å². The SMILES string of the molecule is CNC(C)(CCCSC1COC1)C(=O)O. The average Bonchev–Trinajstić information content (AvgIpc) is 2.14. The van der Waals surface area contributed by atoms with Gasteiger partial charge in [-0.1, -0.05) is 0 Å². The first-order chi connectivity index (χ1) is 7.08. The van der Waals surface area contributed by atoms with Crippen molar-refractivity contribution >= 4 is 17.7 Å². The molecule has 88 valence electrons. The van der Waals surface area contributed by atoms with E-state index >= 15 is 0 Å². The van der Waals surface area contributed by atoms with Gasteiger partial charge in [0.15, 0.2) is 0 Å². The quantitative estimate of drug-likeness (QED) is 0.641. The summed E-state index contributed by atoms with van der Waals surface area (Å²) in [5.74, 6) is 0.237. The third-order valence-electron chi connectivity index (χ3n) is 2.81. The van der Waals surface area contributed by atoms with E-state index in [9.17, 15) is 4.79 Å². The van der Waals surface area contributed by atoms with Crippen LogP contribution in [0.3, 0.4) is 0 Å². The minimum atomic E-state index is -0.781. The van der Waals surface area contributed by atoms with Crippen LogP contribution >= 0.6 is 11.8 Å². The molecule has 1 heterocycles. The highest BCUT2D eigenvalue weighted by Crippen LogP contribution is 2.22. The monoisotopic (exact) mass is 233 g/mol. The Labute approximate surface area is 94.8 Å². The van der Waals surface area contributed by atoms with Gasteiger partial charge in [0.1, 0.15) is 5.54 Å². The minimum absolute atomic E-state index is 0.635. The molecule has 0 radical (unpaired) electrons. The van der Waals surface area contributed by atoms with Crippen molar-refractivity contribution in [2.24, 2.45) is 0 Å². The molecule has 0 amide bonds. The second-order valence-electron chi connectivity index (χ2n) is 4.02. The fourth-order valence-corrected chi connectivity index (χ4v) is 2.35. The van der Waals surface area contributed by atoms with Crippen LogP contribution in [0.15, 0.2) is 0 Å². The van der Waals surface area contributed by atoms with E-state index < -0.39 is 11.5 Å². The summed E-state index contributed by atoms with van der Waals surface area (Å²) in [6.45, 7) is 3.44. The summed E-state index contributed by atoms with van der Waals surface area (Å²) in [5.41, 5.74) is -0.781. The maximum Gasteiger partial charge on any atom is 0.323 e. The predicted molar refractivity (Wildman–Crippen MR) is 61.4 cm³/mol. The first-order valence-electron chi connectivity index (χ1n) is 5.20. The van der Waals surface area contributed by atoms with Gasteiger partial charge in [-0.2, -0.15) is 11.8 Å². The number of ether oxygens (including phenoxy) is 1. The normalized spacial score (nSPS) is 20.7. The summed E-state index contributed by atoms with van der Waals surface area (Å²) in [6.07, 6.45) is 1.59. The maximum absolute atomic E-state index is 11.0. The topological polar surface area (TPSA) is 58.6 Å². The zero-order valence-electron chi connectivity index (χ0n) is 9.28. The van der Waals surface area contributed by atoms with E-state index in [1.54, 1.807) is 14.0 Å². The van der Waals surface area contributed by atoms with Gasteiger partial charge in [0.05, 0.1) is 18.5 Å². The van der Waals surface area contributed by atoms with E-state index in [4.69, 9.17) is 9.84 Å². The first-order valence-corrected chi connectivity index (χ1v) is 6.25. The van der Waals surface area contributed by atoms with Gasteiger partial charge in [-0.25, -0.2) is 0 Å². The second-order valence-corrected chi connectivity index (χ2v) is 5.43. The molecule has 4 nitrogen and oxygen atoms in total. The smallest absolute Gasteiger partial charge is 0.323 e. The van der Waals surface area contributed by atoms with E-state index in [-0.39, 0.29) is 0 Å². The third kappa shape index (κ3) is 3.66. The lowest BCUT2D eigenvalue weighted by atomic mass is 9.97. The van der Waals surface area contributed by atoms with Crippen LogP contribution in [-0.2, 0) is 9.53 Å². The summed E-state index contributed by atoms with van der Waals surface area (Å²) >= 11 is 1.88. The Morgan fingerprint density at radius 1 is 1.67 bits per heavy atom. The number of nitrogens with one attached hydrogen (secondary N) is 1. The fraction of sp³-hybridized carbons (Fsp3) is 0.900. The van der Waals surface area contributed by atoms with E-state index in [2.05, 4.69) is 5.32 Å². The van der Waals surface area contributed by atoms with Crippen molar-refractivity contribution in [3.05, 3.63) is 0 Å². The van der Waals surface area contributed by atoms with Crippen LogP contribution in [-0.4, -0.2) is 47.9 Å². The molecule has 15 heavy (non-hydrogen) atoms. The Hall–Kier alpha value is -0.260. The van der Waals surface area contributed by atoms with Crippen molar-refractivity contribution in [1.29, 1.82) is 0 Å². The van der Waals surface area contributed by atoms with E-state index in [1.807, 2.05) is 11.8 Å². The molecule has 1 atom stereocenters. The molecule has 0 aromatic rings. The van der Waals surface area contributed by atoms with Gasteiger partial charge in [-0.15, -0.1) is 0 Å². The Morgan fingerprint density at radius 2 is 2.33 bits per heavy atom. The van der Waals surface area contributed by atoms with E-state index in [0.717, 1.165) is 25.4 Å². The second kappa shape index (κ2) is 5.72. The molecule has 1 unspecified atom stereocenters. The fourth-order valence-electron chi connectivity index (χ4n) is 1.32. The third-order valence-corrected chi connectivity index (χ3v) is 4.07. The molecule has 0 spiro atoms. The molecule has 0 aliphatic carbocycles. The number of carbonyl (C=O) groups is 1. The maximum atomic E-state index is 11.0. The number of hydrogen-bond donors (Lipinski definition) is 2. The Bertz CT molecular complexity index is 221. The molecule has 1 saturated heterocycles. The highest BCUT2D eigenvalue weighted by Gasteiger charge is 2.30. The molecule has 2 N–H and O–H groups in total. The number of carboxylic acids is 1. The lowest BCUT2D eigenvalue weighted by Gasteiger charge is -2.27. The lowest BCUT2D eigenvalue weighted by molar-refractivity contribution is -0.144. The first kappa shape index (κ1) is 12.8. The van der Waals surface area contributed by atoms with Gasteiger partial charge < -0.3 is 15.2 Å². The molecule has 0 aromatic carbocycles. The number of likely N-dealkylation sites (N-methyl/N-ethyl adjacent to an activating group) is 1. The molecule has 0 aromatic heterocycles. The summed E-state index contributed by atoms with van der Waals surface area (Å²) in [4.78, 5) is 11.0. The molecule has 0 saturated carbocycles. The number of thioether (sulfide) groups is 1. The average molecular weight is 233 g/mol. The predicted octanol–water partition coefficient (Wildman–Crippen LogP) is 0.961. The summed E-state index contributed by atoms with van der Waals surface area (Å²) in [7, 11) is 1.70. The largest absolute Gasteiger partial charge is 0.480 e. The minimum Gasteiger partial charge on any atom is -0.480 e. The van der Waals surface area contributed by atoms with Crippen molar-refractivity contribution in [1.82, 2.24) is 5.32 Å². The van der Waals surface area contributed by atoms with Gasteiger partial charge in [0, 0.05) is 0 Å². The van der Waals surface area contributed by atoms with Gasteiger partial charge in [0.2, 0.25) is 0 Å². The summed E-state index contributed by atoms with van der Waals surface area (Å²) in [5, 5.41) is 12.5. The Morgan fingerprint density at radius 3 is 2.73 bits per heavy atom. The van der Waals surface area contributed by atoms with E-state index in [1.165, 1.54) is 0 Å². The van der Waals surface area contributed by atoms with Crippen molar-refractivity contribution in [3.63, 3.8) is 0 Å². The molecule has 1 aliphatic heterocycles. The van der Waals surface area contributed by atoms with Crippen LogP contribution in [0.25, 0.3) is 0 Å². The highest BCUT2D eigenvalue weighted by atomic mass is 32.2. The standard InChI is InChI=1S/C10H19NO3S/c1-10(11-2,9(12)13)4-3-5-15-8-6-14-7-8/h8,11H,3-7H2,1-2H3,(H,12,13). The van der Waals surface area contributed by atoms with Crippen LogP contribution in [0.2, 0.25) is 0 Å². The van der Waals surface area contributed by atoms with Crippen LogP contribution in [0.5, 0.6) is 0 Å². The zero-order valence-corrected chi connectivity index (χ0v) is 10.1. The summed E-state index contributed by atoms with van der Waals surface area (Å²) in [6, 6.07) is 0. The number of rotatable bonds is 7. The van der Waals surface area contributed by atoms with Crippen molar-refractivity contribution in [2.45, 2.75) is 30.6 Å². The lowest BCUT2D eigenvalue weighted by Crippen LogP contribution is -2.47. The Kier molecular flexibility index (Phi) is 4.89. The van der Waals surface area contributed by atoms with Crippen LogP contribution in [0.1, 0.15) is 19.8 Å². The number of hydrogen-bond acceptors (Lipinski definition) is 4. The van der Waals surface area contributed by atoms with Gasteiger partial charge in [0.25, 0.3) is 0 Å². The van der Waals surface area contributed by atoms with Crippen LogP contribution < -0.4 is 5.32 Å². The van der Waals surface area contributed by atoms with Crippen molar-refractivity contribution in [3.8, 4) is 0 Å². The zero-order chi connectivity index (χ0) is 11.3. The van der Waals surface area contributed by atoms with Gasteiger partial charge >= 0.3 is 5.97 Å². The van der Waals surface area contributed by atoms with E-state index in [0.29, 0.717) is 11.7 Å².